The van der Waals surface area contributed by atoms with E-state index in [4.69, 9.17) is 11.6 Å². The fraction of sp³-hybridized carbons (Fsp3) is 0.111. The van der Waals surface area contributed by atoms with Crippen LogP contribution in [0.1, 0.15) is 33.2 Å². The fourth-order valence-corrected chi connectivity index (χ4v) is 5.58. The van der Waals surface area contributed by atoms with Crippen LogP contribution in [0.3, 0.4) is 0 Å². The molecule has 0 fully saturated rings. The molecule has 45 heavy (non-hydrogen) atoms. The summed E-state index contributed by atoms with van der Waals surface area (Å²) in [6, 6.07) is 38.8. The van der Waals surface area contributed by atoms with Crippen molar-refractivity contribution in [3.8, 4) is 0 Å². The largest absolute Gasteiger partial charge is 0.311 e. The number of aryl methyl sites for hydroxylation is 1. The first-order valence-electron chi connectivity index (χ1n) is 14.2. The third kappa shape index (κ3) is 8.81. The van der Waals surface area contributed by atoms with Gasteiger partial charge in [0.1, 0.15) is 0 Å². The molecule has 0 unspecified atom stereocenters. The van der Waals surface area contributed by atoms with Gasteiger partial charge in [0.25, 0.3) is 21.8 Å². The second kappa shape index (κ2) is 15.2. The van der Waals surface area contributed by atoms with Crippen molar-refractivity contribution in [3.63, 3.8) is 0 Å². The molecule has 5 rings (SSSR count). The molecule has 0 heterocycles. The van der Waals surface area contributed by atoms with E-state index < -0.39 is 10.0 Å². The van der Waals surface area contributed by atoms with Gasteiger partial charge in [0.05, 0.1) is 10.6 Å². The van der Waals surface area contributed by atoms with Crippen LogP contribution in [-0.2, 0) is 10.0 Å². The van der Waals surface area contributed by atoms with Crippen LogP contribution in [0.4, 0.5) is 17.1 Å². The molecule has 0 atom stereocenters. The molecule has 2 amide bonds. The molecule has 5 aromatic rings. The zero-order valence-electron chi connectivity index (χ0n) is 25.2. The number of halogens is 1. The molecule has 0 radical (unpaired) electrons. The Labute approximate surface area is 269 Å². The maximum atomic E-state index is 12.6. The van der Waals surface area contributed by atoms with Crippen LogP contribution < -0.4 is 14.5 Å². The van der Waals surface area contributed by atoms with Crippen molar-refractivity contribution in [2.45, 2.75) is 18.7 Å². The van der Waals surface area contributed by atoms with E-state index in [1.54, 1.807) is 96.9 Å². The maximum Gasteiger partial charge on any atom is 0.261 e. The van der Waals surface area contributed by atoms with Crippen LogP contribution in [0.2, 0.25) is 5.02 Å². The van der Waals surface area contributed by atoms with Crippen molar-refractivity contribution in [3.05, 3.63) is 155 Å². The molecule has 0 aromatic heterocycles. The molecule has 0 saturated carbocycles. The lowest BCUT2D eigenvalue weighted by Crippen LogP contribution is -2.30. The Morgan fingerprint density at radius 2 is 1.24 bits per heavy atom. The van der Waals surface area contributed by atoms with Gasteiger partial charge >= 0.3 is 0 Å². The summed E-state index contributed by atoms with van der Waals surface area (Å²) in [5.41, 5.74) is 4.07. The summed E-state index contributed by atoms with van der Waals surface area (Å²) in [5.74, 6) is -0.172. The molecule has 5 aromatic carbocycles. The minimum Gasteiger partial charge on any atom is -0.311 e. The number of sulfonamides is 1. The van der Waals surface area contributed by atoms with Gasteiger partial charge in [0, 0.05) is 41.1 Å². The molecular formula is C36H34ClN3O4S. The highest BCUT2D eigenvalue weighted by Crippen LogP contribution is 2.23. The summed E-state index contributed by atoms with van der Waals surface area (Å²) in [5, 5.41) is 0.668. The van der Waals surface area contributed by atoms with Gasteiger partial charge in [-0.25, -0.2) is 8.42 Å². The summed E-state index contributed by atoms with van der Waals surface area (Å²) in [6.45, 7) is 4.47. The summed E-state index contributed by atoms with van der Waals surface area (Å²) < 4.78 is 27.7. The average molecular weight is 640 g/mol. The third-order valence-corrected chi connectivity index (χ3v) is 8.51. The van der Waals surface area contributed by atoms with Crippen molar-refractivity contribution in [1.29, 1.82) is 0 Å². The number of amides is 2. The first kappa shape index (κ1) is 33.0. The highest BCUT2D eigenvalue weighted by Gasteiger charge is 2.17. The molecule has 9 heteroatoms. The second-order valence-electron chi connectivity index (χ2n) is 10.1. The number of carbonyl (C=O) groups is 2. The predicted molar refractivity (Wildman–Crippen MR) is 183 cm³/mol. The van der Waals surface area contributed by atoms with Crippen molar-refractivity contribution in [2.24, 2.45) is 0 Å². The number of nitrogens with zero attached hydrogens (tertiary/aromatic N) is 2. The van der Waals surface area contributed by atoms with Crippen molar-refractivity contribution >= 4 is 50.5 Å². The second-order valence-corrected chi connectivity index (χ2v) is 12.2. The molecule has 0 spiro atoms. The van der Waals surface area contributed by atoms with Gasteiger partial charge in [-0.3, -0.25) is 14.3 Å². The van der Waals surface area contributed by atoms with Gasteiger partial charge in [-0.05, 0) is 92.7 Å². The van der Waals surface area contributed by atoms with Crippen LogP contribution in [0.15, 0.2) is 138 Å². The molecule has 7 nitrogen and oxygen atoms in total. The van der Waals surface area contributed by atoms with Crippen molar-refractivity contribution < 1.29 is 18.0 Å². The van der Waals surface area contributed by atoms with Gasteiger partial charge in [0.15, 0.2) is 0 Å². The lowest BCUT2D eigenvalue weighted by molar-refractivity contribution is 0.0982. The molecule has 0 aliphatic rings. The topological polar surface area (TPSA) is 86.8 Å². The van der Waals surface area contributed by atoms with E-state index in [1.807, 2.05) is 62.4 Å². The molecule has 0 saturated heterocycles. The number of carbonyl (C=O) groups excluding carboxylic acids is 2. The SMILES string of the molecule is CCN(C(=O)c1ccccc1)c1ccc(Cl)cc1.Cc1ccc(S(=O)(=O)Nc2cccc(N(C)C(=O)c3ccccc3)c2)cc1. The monoisotopic (exact) mass is 639 g/mol. The summed E-state index contributed by atoms with van der Waals surface area (Å²) in [6.07, 6.45) is 0. The molecule has 0 bridgehead atoms. The molecular weight excluding hydrogens is 606 g/mol. The first-order chi connectivity index (χ1) is 21.6. The van der Waals surface area contributed by atoms with Crippen LogP contribution in [-0.4, -0.2) is 33.8 Å². The van der Waals surface area contributed by atoms with Gasteiger partial charge in [-0.1, -0.05) is 71.8 Å². The van der Waals surface area contributed by atoms with E-state index in [-0.39, 0.29) is 16.7 Å². The number of nitrogens with one attached hydrogen (secondary N) is 1. The Bertz CT molecular complexity index is 1830. The summed E-state index contributed by atoms with van der Waals surface area (Å²) in [4.78, 5) is 28.3. The lowest BCUT2D eigenvalue weighted by Gasteiger charge is -2.21. The Hall–Kier alpha value is -4.92. The number of benzene rings is 5. The zero-order chi connectivity index (χ0) is 32.4. The third-order valence-electron chi connectivity index (χ3n) is 6.86. The standard InChI is InChI=1S/C21H20N2O3S.C15H14ClNO/c1-16-11-13-20(14-12-16)27(25,26)22-18-9-6-10-19(15-18)23(2)21(24)17-7-4-3-5-8-17;1-2-17(14-10-8-13(16)9-11-14)15(18)12-6-4-3-5-7-12/h3-15,22H,1-2H3;3-11H,2H2,1H3. The van der Waals surface area contributed by atoms with Crippen molar-refractivity contribution in [2.75, 3.05) is 28.1 Å². The van der Waals surface area contributed by atoms with E-state index in [9.17, 15) is 18.0 Å². The van der Waals surface area contributed by atoms with Gasteiger partial charge in [-0.2, -0.15) is 0 Å². The highest BCUT2D eigenvalue weighted by atomic mass is 35.5. The quantitative estimate of drug-likeness (QED) is 0.186. The Balaban J connectivity index is 0.000000222. The van der Waals surface area contributed by atoms with E-state index in [0.717, 1.165) is 11.3 Å². The Morgan fingerprint density at radius 3 is 1.80 bits per heavy atom. The van der Waals surface area contributed by atoms with Gasteiger partial charge in [-0.15, -0.1) is 0 Å². The highest BCUT2D eigenvalue weighted by molar-refractivity contribution is 7.92. The summed E-state index contributed by atoms with van der Waals surface area (Å²) in [7, 11) is -2.04. The molecule has 0 aliphatic carbocycles. The minimum atomic E-state index is -3.70. The maximum absolute atomic E-state index is 12.6. The number of rotatable bonds is 8. The minimum absolute atomic E-state index is 0.000391. The van der Waals surface area contributed by atoms with Crippen LogP contribution in [0.25, 0.3) is 0 Å². The number of anilines is 3. The first-order valence-corrected chi connectivity index (χ1v) is 16.1. The van der Waals surface area contributed by atoms with E-state index in [0.29, 0.717) is 34.1 Å². The molecule has 0 aliphatic heterocycles. The predicted octanol–water partition coefficient (Wildman–Crippen LogP) is 8.08. The van der Waals surface area contributed by atoms with Gasteiger partial charge < -0.3 is 9.80 Å². The van der Waals surface area contributed by atoms with E-state index in [1.165, 1.54) is 4.90 Å². The Kier molecular flexibility index (Phi) is 11.1. The van der Waals surface area contributed by atoms with Crippen LogP contribution >= 0.6 is 11.6 Å². The summed E-state index contributed by atoms with van der Waals surface area (Å²) >= 11 is 5.85. The Morgan fingerprint density at radius 1 is 0.689 bits per heavy atom. The average Bonchev–Trinajstić information content (AvgIpc) is 3.06. The van der Waals surface area contributed by atoms with Crippen LogP contribution in [0.5, 0.6) is 0 Å². The number of hydrogen-bond acceptors (Lipinski definition) is 4. The van der Waals surface area contributed by atoms with Crippen LogP contribution in [0, 0.1) is 6.92 Å². The molecule has 1 N–H and O–H groups in total. The normalized spacial score (nSPS) is 10.7. The van der Waals surface area contributed by atoms with Gasteiger partial charge in [0.2, 0.25) is 0 Å². The zero-order valence-corrected chi connectivity index (χ0v) is 26.8. The van der Waals surface area contributed by atoms with Crippen molar-refractivity contribution in [1.82, 2.24) is 0 Å². The van der Waals surface area contributed by atoms with E-state index in [2.05, 4.69) is 4.72 Å². The lowest BCUT2D eigenvalue weighted by atomic mass is 10.2. The fourth-order valence-electron chi connectivity index (χ4n) is 4.40. The number of hydrogen-bond donors (Lipinski definition) is 1. The van der Waals surface area contributed by atoms with E-state index >= 15 is 0 Å². The molecule has 230 valence electrons. The smallest absolute Gasteiger partial charge is 0.261 e.